The van der Waals surface area contributed by atoms with Gasteiger partial charge in [-0.15, -0.1) is 0 Å². The molecule has 2 amide bonds. The van der Waals surface area contributed by atoms with E-state index in [1.807, 2.05) is 0 Å². The van der Waals surface area contributed by atoms with Crippen LogP contribution in [0.15, 0.2) is 12.2 Å². The smallest absolute Gasteiger partial charge is 0.303 e. The topological polar surface area (TPSA) is 83.5 Å². The first-order valence-electron chi connectivity index (χ1n) is 10.8. The van der Waals surface area contributed by atoms with E-state index in [2.05, 4.69) is 24.4 Å². The molecule has 0 spiro atoms. The number of aliphatic carboxylic acids is 1. The van der Waals surface area contributed by atoms with E-state index in [0.717, 1.165) is 25.7 Å². The number of carbonyl (C=O) groups is 3. The lowest BCUT2D eigenvalue weighted by molar-refractivity contribution is -0.140. The molecule has 5 heteroatoms. The first-order chi connectivity index (χ1) is 13.1. The van der Waals surface area contributed by atoms with Gasteiger partial charge in [0.1, 0.15) is 0 Å². The molecule has 0 aromatic heterocycles. The fourth-order valence-electron chi connectivity index (χ4n) is 2.86. The van der Waals surface area contributed by atoms with E-state index >= 15 is 0 Å². The maximum absolute atomic E-state index is 11.5. The van der Waals surface area contributed by atoms with Crippen LogP contribution in [0.3, 0.4) is 0 Å². The van der Waals surface area contributed by atoms with Gasteiger partial charge in [0.05, 0.1) is 6.42 Å². The van der Waals surface area contributed by atoms with Gasteiger partial charge in [-0.1, -0.05) is 70.4 Å². The molecule has 0 atom stereocenters. The number of unbranched alkanes of at least 4 members (excludes halogenated alkanes) is 11. The van der Waals surface area contributed by atoms with E-state index in [-0.39, 0.29) is 18.7 Å². The second-order valence-corrected chi connectivity index (χ2v) is 7.20. The summed E-state index contributed by atoms with van der Waals surface area (Å²) in [4.78, 5) is 33.2. The summed E-state index contributed by atoms with van der Waals surface area (Å²) in [6, 6.07) is 0. The molecule has 2 N–H and O–H groups in total. The summed E-state index contributed by atoms with van der Waals surface area (Å²) < 4.78 is 0. The quantitative estimate of drug-likeness (QED) is 0.241. The molecule has 0 radical (unpaired) electrons. The van der Waals surface area contributed by atoms with Crippen molar-refractivity contribution in [1.82, 2.24) is 5.32 Å². The number of imide groups is 1. The summed E-state index contributed by atoms with van der Waals surface area (Å²) in [5.74, 6) is -1.84. The number of amides is 2. The van der Waals surface area contributed by atoms with Gasteiger partial charge in [0.25, 0.3) is 0 Å². The van der Waals surface area contributed by atoms with Crippen LogP contribution < -0.4 is 5.32 Å². The van der Waals surface area contributed by atoms with Crippen LogP contribution in [0.25, 0.3) is 0 Å². The summed E-state index contributed by atoms with van der Waals surface area (Å²) >= 11 is 0. The van der Waals surface area contributed by atoms with Crippen molar-refractivity contribution in [3.63, 3.8) is 0 Å². The fraction of sp³-hybridized carbons (Fsp3) is 0.773. The Kier molecular flexibility index (Phi) is 18.0. The van der Waals surface area contributed by atoms with E-state index in [1.165, 1.54) is 57.8 Å². The predicted molar refractivity (Wildman–Crippen MR) is 109 cm³/mol. The van der Waals surface area contributed by atoms with Crippen LogP contribution in [-0.2, 0) is 14.4 Å². The summed E-state index contributed by atoms with van der Waals surface area (Å²) in [6.07, 6.45) is 20.2. The molecule has 0 aromatic carbocycles. The minimum atomic E-state index is -1.03. The molecule has 0 aliphatic rings. The van der Waals surface area contributed by atoms with Crippen LogP contribution in [-0.4, -0.2) is 22.9 Å². The zero-order valence-corrected chi connectivity index (χ0v) is 17.1. The zero-order valence-electron chi connectivity index (χ0n) is 17.1. The molecule has 0 fully saturated rings. The molecule has 0 bridgehead atoms. The van der Waals surface area contributed by atoms with Crippen molar-refractivity contribution in [3.05, 3.63) is 12.2 Å². The van der Waals surface area contributed by atoms with E-state index < -0.39 is 11.9 Å². The number of hydrogen-bond acceptors (Lipinski definition) is 3. The fourth-order valence-corrected chi connectivity index (χ4v) is 2.86. The predicted octanol–water partition coefficient (Wildman–Crippen LogP) is 5.53. The number of carbonyl (C=O) groups excluding carboxylic acids is 2. The van der Waals surface area contributed by atoms with Crippen molar-refractivity contribution in [2.45, 2.75) is 110 Å². The lowest BCUT2D eigenvalue weighted by atomic mass is 10.1. The van der Waals surface area contributed by atoms with E-state index in [9.17, 15) is 14.4 Å². The molecule has 156 valence electrons. The molecule has 0 rings (SSSR count). The molecule has 0 aromatic rings. The minimum Gasteiger partial charge on any atom is -0.481 e. The van der Waals surface area contributed by atoms with E-state index in [0.29, 0.717) is 6.42 Å². The van der Waals surface area contributed by atoms with Crippen molar-refractivity contribution >= 4 is 17.8 Å². The van der Waals surface area contributed by atoms with Gasteiger partial charge in [-0.3, -0.25) is 19.7 Å². The largest absolute Gasteiger partial charge is 0.481 e. The second-order valence-electron chi connectivity index (χ2n) is 7.20. The normalized spacial score (nSPS) is 11.0. The van der Waals surface area contributed by atoms with Crippen LogP contribution in [0.5, 0.6) is 0 Å². The number of carboxylic acid groups (broad SMARTS) is 1. The van der Waals surface area contributed by atoms with Gasteiger partial charge in [-0.25, -0.2) is 0 Å². The Balaban J connectivity index is 3.34. The third kappa shape index (κ3) is 20.5. The zero-order chi connectivity index (χ0) is 20.2. The summed E-state index contributed by atoms with van der Waals surface area (Å²) in [6.45, 7) is 2.25. The number of hydrogen-bond donors (Lipinski definition) is 2. The van der Waals surface area contributed by atoms with Crippen molar-refractivity contribution in [1.29, 1.82) is 0 Å². The van der Waals surface area contributed by atoms with Gasteiger partial charge >= 0.3 is 5.97 Å². The molecule has 0 heterocycles. The molecule has 0 saturated carbocycles. The van der Waals surface area contributed by atoms with Gasteiger partial charge in [0.2, 0.25) is 11.8 Å². The van der Waals surface area contributed by atoms with Crippen LogP contribution in [0.1, 0.15) is 110 Å². The van der Waals surface area contributed by atoms with Crippen molar-refractivity contribution in [3.8, 4) is 0 Å². The third-order valence-electron chi connectivity index (χ3n) is 4.51. The van der Waals surface area contributed by atoms with Crippen LogP contribution in [0.2, 0.25) is 0 Å². The Bertz CT molecular complexity index is 432. The average Bonchev–Trinajstić information content (AvgIpc) is 2.63. The van der Waals surface area contributed by atoms with E-state index in [4.69, 9.17) is 5.11 Å². The molecule has 5 nitrogen and oxygen atoms in total. The van der Waals surface area contributed by atoms with Crippen LogP contribution in [0.4, 0.5) is 0 Å². The van der Waals surface area contributed by atoms with Crippen molar-refractivity contribution in [2.75, 3.05) is 0 Å². The SMILES string of the molecule is CCCCCCCCC=CCCCCCCCC(=O)NC(=O)CCC(=O)O. The highest BCUT2D eigenvalue weighted by molar-refractivity contribution is 5.95. The monoisotopic (exact) mass is 381 g/mol. The van der Waals surface area contributed by atoms with Gasteiger partial charge in [-0.2, -0.15) is 0 Å². The molecular formula is C22H39NO4. The van der Waals surface area contributed by atoms with Gasteiger partial charge in [0, 0.05) is 12.8 Å². The van der Waals surface area contributed by atoms with Gasteiger partial charge in [0.15, 0.2) is 0 Å². The lowest BCUT2D eigenvalue weighted by Gasteiger charge is -2.03. The number of allylic oxidation sites excluding steroid dienone is 2. The van der Waals surface area contributed by atoms with Crippen molar-refractivity contribution < 1.29 is 19.5 Å². The maximum Gasteiger partial charge on any atom is 0.303 e. The molecule has 0 saturated heterocycles. The van der Waals surface area contributed by atoms with Crippen LogP contribution in [0, 0.1) is 0 Å². The highest BCUT2D eigenvalue weighted by Gasteiger charge is 2.09. The first kappa shape index (κ1) is 25.4. The molecule has 0 aliphatic heterocycles. The number of carboxylic acids is 1. The Morgan fingerprint density at radius 2 is 1.15 bits per heavy atom. The highest BCUT2D eigenvalue weighted by atomic mass is 16.4. The molecule has 0 aliphatic carbocycles. The van der Waals surface area contributed by atoms with Crippen LogP contribution >= 0.6 is 0 Å². The third-order valence-corrected chi connectivity index (χ3v) is 4.51. The minimum absolute atomic E-state index is 0.145. The Hall–Kier alpha value is -1.65. The maximum atomic E-state index is 11.5. The second kappa shape index (κ2) is 19.1. The first-order valence-corrected chi connectivity index (χ1v) is 10.8. The van der Waals surface area contributed by atoms with E-state index in [1.54, 1.807) is 0 Å². The standard InChI is InChI=1S/C22H39NO4/c1-2-3-4-5-6-7-8-9-10-11-12-13-14-15-16-17-20(24)23-21(25)18-19-22(26)27/h9-10H,2-8,11-19H2,1H3,(H,26,27)(H,23,24,25). The Morgan fingerprint density at radius 1 is 0.667 bits per heavy atom. The highest BCUT2D eigenvalue weighted by Crippen LogP contribution is 2.10. The van der Waals surface area contributed by atoms with Crippen molar-refractivity contribution in [2.24, 2.45) is 0 Å². The summed E-state index contributed by atoms with van der Waals surface area (Å²) in [5.41, 5.74) is 0. The average molecular weight is 382 g/mol. The lowest BCUT2D eigenvalue weighted by Crippen LogP contribution is -2.30. The summed E-state index contributed by atoms with van der Waals surface area (Å²) in [5, 5.41) is 10.7. The number of nitrogens with one attached hydrogen (secondary N) is 1. The Morgan fingerprint density at radius 3 is 1.70 bits per heavy atom. The number of rotatable bonds is 18. The molecule has 27 heavy (non-hydrogen) atoms. The molecular weight excluding hydrogens is 342 g/mol. The molecule has 0 unspecified atom stereocenters. The summed E-state index contributed by atoms with van der Waals surface area (Å²) in [7, 11) is 0. The Labute approximate surface area is 165 Å². The van der Waals surface area contributed by atoms with Gasteiger partial charge < -0.3 is 5.11 Å². The van der Waals surface area contributed by atoms with Gasteiger partial charge in [-0.05, 0) is 32.1 Å².